The first-order valence-electron chi connectivity index (χ1n) is 7.66. The number of fused-ring (bicyclic) bond motifs is 1. The Morgan fingerprint density at radius 1 is 0.810 bits per heavy atom. The van der Waals surface area contributed by atoms with E-state index in [2.05, 4.69) is 85.0 Å². The first kappa shape index (κ1) is 13.8. The van der Waals surface area contributed by atoms with E-state index in [4.69, 9.17) is 0 Å². The van der Waals surface area contributed by atoms with Crippen molar-refractivity contribution in [3.8, 4) is 0 Å². The maximum absolute atomic E-state index is 3.69. The Labute approximate surface area is 126 Å². The average Bonchev–Trinajstić information content (AvgIpc) is 2.56. The highest BCUT2D eigenvalue weighted by atomic mass is 14.9. The number of hydrogen-bond acceptors (Lipinski definition) is 1. The predicted octanol–water partition coefficient (Wildman–Crippen LogP) is 4.93. The number of nitrogens with one attached hydrogen (secondary N) is 1. The second-order valence-corrected chi connectivity index (χ2v) is 5.37. The van der Waals surface area contributed by atoms with Crippen LogP contribution in [-0.4, -0.2) is 6.54 Å². The second-order valence-electron chi connectivity index (χ2n) is 5.37. The zero-order valence-corrected chi connectivity index (χ0v) is 12.4. The van der Waals surface area contributed by atoms with Crippen LogP contribution in [0, 0.1) is 0 Å². The summed E-state index contributed by atoms with van der Waals surface area (Å²) in [4.78, 5) is 0. The SMILES string of the molecule is CCCNC(c1ccccc1)c1cccc2ccccc12. The van der Waals surface area contributed by atoms with Gasteiger partial charge in [0, 0.05) is 0 Å². The van der Waals surface area contributed by atoms with E-state index in [-0.39, 0.29) is 6.04 Å². The normalized spacial score (nSPS) is 12.4. The van der Waals surface area contributed by atoms with Gasteiger partial charge in [0.2, 0.25) is 0 Å². The molecule has 0 saturated carbocycles. The third kappa shape index (κ3) is 2.98. The summed E-state index contributed by atoms with van der Waals surface area (Å²) in [5.74, 6) is 0. The molecule has 0 aliphatic heterocycles. The fourth-order valence-corrected chi connectivity index (χ4v) is 2.84. The third-order valence-corrected chi connectivity index (χ3v) is 3.87. The molecule has 21 heavy (non-hydrogen) atoms. The Morgan fingerprint density at radius 2 is 1.52 bits per heavy atom. The van der Waals surface area contributed by atoms with Gasteiger partial charge in [0.25, 0.3) is 0 Å². The molecule has 1 unspecified atom stereocenters. The first-order valence-corrected chi connectivity index (χ1v) is 7.66. The molecule has 1 N–H and O–H groups in total. The van der Waals surface area contributed by atoms with Gasteiger partial charge in [-0.15, -0.1) is 0 Å². The van der Waals surface area contributed by atoms with Crippen LogP contribution in [0.1, 0.15) is 30.5 Å². The summed E-state index contributed by atoms with van der Waals surface area (Å²) < 4.78 is 0. The van der Waals surface area contributed by atoms with E-state index in [1.807, 2.05) is 0 Å². The lowest BCUT2D eigenvalue weighted by Crippen LogP contribution is -2.23. The third-order valence-electron chi connectivity index (χ3n) is 3.87. The van der Waals surface area contributed by atoms with Gasteiger partial charge in [0.15, 0.2) is 0 Å². The minimum absolute atomic E-state index is 0.247. The largest absolute Gasteiger partial charge is 0.306 e. The highest BCUT2D eigenvalue weighted by molar-refractivity contribution is 5.86. The number of hydrogen-bond donors (Lipinski definition) is 1. The molecule has 0 spiro atoms. The molecule has 0 saturated heterocycles. The van der Waals surface area contributed by atoms with Gasteiger partial charge in [-0.3, -0.25) is 0 Å². The summed E-state index contributed by atoms with van der Waals surface area (Å²) in [5, 5.41) is 6.33. The minimum atomic E-state index is 0.247. The average molecular weight is 275 g/mol. The van der Waals surface area contributed by atoms with Crippen LogP contribution in [0.25, 0.3) is 10.8 Å². The van der Waals surface area contributed by atoms with E-state index in [1.54, 1.807) is 0 Å². The maximum atomic E-state index is 3.69. The van der Waals surface area contributed by atoms with Crippen molar-refractivity contribution >= 4 is 10.8 Å². The molecule has 1 nitrogen and oxygen atoms in total. The van der Waals surface area contributed by atoms with E-state index >= 15 is 0 Å². The van der Waals surface area contributed by atoms with Crippen molar-refractivity contribution in [3.05, 3.63) is 83.9 Å². The van der Waals surface area contributed by atoms with Crippen LogP contribution in [0.2, 0.25) is 0 Å². The monoisotopic (exact) mass is 275 g/mol. The van der Waals surface area contributed by atoms with Gasteiger partial charge in [-0.1, -0.05) is 79.7 Å². The lowest BCUT2D eigenvalue weighted by atomic mass is 9.93. The predicted molar refractivity (Wildman–Crippen MR) is 90.5 cm³/mol. The fourth-order valence-electron chi connectivity index (χ4n) is 2.84. The van der Waals surface area contributed by atoms with Crippen LogP contribution in [0.3, 0.4) is 0 Å². The molecular weight excluding hydrogens is 254 g/mol. The smallest absolute Gasteiger partial charge is 0.0582 e. The van der Waals surface area contributed by atoms with Gasteiger partial charge in [-0.05, 0) is 34.9 Å². The molecule has 3 rings (SSSR count). The molecule has 1 atom stereocenters. The number of rotatable bonds is 5. The van der Waals surface area contributed by atoms with Gasteiger partial charge in [0.1, 0.15) is 0 Å². The van der Waals surface area contributed by atoms with Crippen LogP contribution in [0.5, 0.6) is 0 Å². The van der Waals surface area contributed by atoms with E-state index < -0.39 is 0 Å². The molecular formula is C20H21N. The highest BCUT2D eigenvalue weighted by Gasteiger charge is 2.15. The molecule has 0 aromatic heterocycles. The molecule has 0 amide bonds. The molecule has 0 aliphatic carbocycles. The van der Waals surface area contributed by atoms with Crippen LogP contribution >= 0.6 is 0 Å². The Balaban J connectivity index is 2.10. The summed E-state index contributed by atoms with van der Waals surface area (Å²) >= 11 is 0. The quantitative estimate of drug-likeness (QED) is 0.696. The van der Waals surface area contributed by atoms with Crippen molar-refractivity contribution in [1.29, 1.82) is 0 Å². The Morgan fingerprint density at radius 3 is 2.33 bits per heavy atom. The van der Waals surface area contributed by atoms with Crippen molar-refractivity contribution in [2.45, 2.75) is 19.4 Å². The Bertz CT molecular complexity index is 698. The second kappa shape index (κ2) is 6.55. The van der Waals surface area contributed by atoms with E-state index in [0.717, 1.165) is 13.0 Å². The Hall–Kier alpha value is -2.12. The lowest BCUT2D eigenvalue weighted by molar-refractivity contribution is 0.601. The summed E-state index contributed by atoms with van der Waals surface area (Å²) in [5.41, 5.74) is 2.68. The van der Waals surface area contributed by atoms with Gasteiger partial charge in [-0.25, -0.2) is 0 Å². The van der Waals surface area contributed by atoms with E-state index in [0.29, 0.717) is 0 Å². The Kier molecular flexibility index (Phi) is 4.32. The maximum Gasteiger partial charge on any atom is 0.0582 e. The van der Waals surface area contributed by atoms with Crippen LogP contribution < -0.4 is 5.32 Å². The fraction of sp³-hybridized carbons (Fsp3) is 0.200. The van der Waals surface area contributed by atoms with Crippen LogP contribution in [-0.2, 0) is 0 Å². The minimum Gasteiger partial charge on any atom is -0.306 e. The van der Waals surface area contributed by atoms with Crippen molar-refractivity contribution in [3.63, 3.8) is 0 Å². The highest BCUT2D eigenvalue weighted by Crippen LogP contribution is 2.28. The van der Waals surface area contributed by atoms with Crippen LogP contribution in [0.4, 0.5) is 0 Å². The summed E-state index contributed by atoms with van der Waals surface area (Å²) in [6, 6.07) is 26.1. The number of benzene rings is 3. The van der Waals surface area contributed by atoms with Crippen molar-refractivity contribution in [2.75, 3.05) is 6.54 Å². The molecule has 0 radical (unpaired) electrons. The lowest BCUT2D eigenvalue weighted by Gasteiger charge is -2.21. The molecule has 0 fully saturated rings. The zero-order valence-electron chi connectivity index (χ0n) is 12.4. The molecule has 0 aliphatic rings. The van der Waals surface area contributed by atoms with Gasteiger partial charge < -0.3 is 5.32 Å². The standard InChI is InChI=1S/C20H21N/c1-2-15-21-20(17-10-4-3-5-11-17)19-14-8-12-16-9-6-7-13-18(16)19/h3-14,20-21H,2,15H2,1H3. The zero-order chi connectivity index (χ0) is 14.5. The van der Waals surface area contributed by atoms with E-state index in [1.165, 1.54) is 21.9 Å². The van der Waals surface area contributed by atoms with Crippen molar-refractivity contribution in [2.24, 2.45) is 0 Å². The summed E-state index contributed by atoms with van der Waals surface area (Å²) in [6.07, 6.45) is 1.13. The first-order chi connectivity index (χ1) is 10.4. The summed E-state index contributed by atoms with van der Waals surface area (Å²) in [7, 11) is 0. The molecule has 0 bridgehead atoms. The van der Waals surface area contributed by atoms with Gasteiger partial charge in [0.05, 0.1) is 6.04 Å². The van der Waals surface area contributed by atoms with Crippen LogP contribution in [0.15, 0.2) is 72.8 Å². The molecule has 1 heteroatoms. The molecule has 3 aromatic rings. The van der Waals surface area contributed by atoms with E-state index in [9.17, 15) is 0 Å². The van der Waals surface area contributed by atoms with Gasteiger partial charge in [-0.2, -0.15) is 0 Å². The summed E-state index contributed by atoms with van der Waals surface area (Å²) in [6.45, 7) is 3.22. The van der Waals surface area contributed by atoms with Crippen molar-refractivity contribution < 1.29 is 0 Å². The molecule has 106 valence electrons. The van der Waals surface area contributed by atoms with Crippen molar-refractivity contribution in [1.82, 2.24) is 5.32 Å². The molecule has 0 heterocycles. The topological polar surface area (TPSA) is 12.0 Å². The molecule has 3 aromatic carbocycles. The van der Waals surface area contributed by atoms with Gasteiger partial charge >= 0.3 is 0 Å².